The standard InChI is InChI=1S/C11H7ClF2N2/c12-9-2-1-7(13)4-8(9)6-3-10(14)11(15)16-5-6/h1-5H,(H2,15,16). The Hall–Kier alpha value is -1.68. The van der Waals surface area contributed by atoms with Crippen LogP contribution in [-0.2, 0) is 0 Å². The fourth-order valence-corrected chi connectivity index (χ4v) is 1.54. The van der Waals surface area contributed by atoms with Crippen LogP contribution in [0.5, 0.6) is 0 Å². The van der Waals surface area contributed by atoms with Crippen molar-refractivity contribution in [3.63, 3.8) is 0 Å². The predicted octanol–water partition coefficient (Wildman–Crippen LogP) is 3.26. The summed E-state index contributed by atoms with van der Waals surface area (Å²) in [6, 6.07) is 5.02. The highest BCUT2D eigenvalue weighted by Crippen LogP contribution is 2.29. The van der Waals surface area contributed by atoms with Crippen molar-refractivity contribution < 1.29 is 8.78 Å². The number of aromatic nitrogens is 1. The summed E-state index contributed by atoms with van der Waals surface area (Å²) in [6.07, 6.45) is 1.35. The Bertz CT molecular complexity index is 544. The zero-order valence-electron chi connectivity index (χ0n) is 8.05. The number of rotatable bonds is 1. The monoisotopic (exact) mass is 240 g/mol. The first-order chi connectivity index (χ1) is 7.58. The number of nitrogens with zero attached hydrogens (tertiary/aromatic N) is 1. The third-order valence-corrected chi connectivity index (χ3v) is 2.44. The third kappa shape index (κ3) is 1.97. The molecule has 1 heterocycles. The van der Waals surface area contributed by atoms with Crippen molar-refractivity contribution in [3.8, 4) is 11.1 Å². The Balaban J connectivity index is 2.58. The highest BCUT2D eigenvalue weighted by atomic mass is 35.5. The van der Waals surface area contributed by atoms with E-state index in [9.17, 15) is 8.78 Å². The molecule has 0 aliphatic carbocycles. The second-order valence-electron chi connectivity index (χ2n) is 3.22. The molecule has 1 aromatic heterocycles. The van der Waals surface area contributed by atoms with Crippen molar-refractivity contribution in [3.05, 3.63) is 47.1 Å². The normalized spacial score (nSPS) is 10.4. The van der Waals surface area contributed by atoms with E-state index in [0.29, 0.717) is 16.1 Å². The fraction of sp³-hybridized carbons (Fsp3) is 0. The highest BCUT2D eigenvalue weighted by molar-refractivity contribution is 6.33. The van der Waals surface area contributed by atoms with Gasteiger partial charge in [-0.2, -0.15) is 0 Å². The SMILES string of the molecule is Nc1ncc(-c2cc(F)ccc2Cl)cc1F. The zero-order chi connectivity index (χ0) is 11.7. The van der Waals surface area contributed by atoms with E-state index in [4.69, 9.17) is 17.3 Å². The Morgan fingerprint density at radius 1 is 1.19 bits per heavy atom. The third-order valence-electron chi connectivity index (χ3n) is 2.11. The lowest BCUT2D eigenvalue weighted by Crippen LogP contribution is -1.95. The van der Waals surface area contributed by atoms with E-state index >= 15 is 0 Å². The van der Waals surface area contributed by atoms with Crippen molar-refractivity contribution in [2.24, 2.45) is 0 Å². The van der Waals surface area contributed by atoms with E-state index in [1.165, 1.54) is 30.5 Å². The van der Waals surface area contributed by atoms with Crippen LogP contribution in [-0.4, -0.2) is 4.98 Å². The molecule has 0 fully saturated rings. The first-order valence-corrected chi connectivity index (χ1v) is 4.82. The second-order valence-corrected chi connectivity index (χ2v) is 3.62. The molecule has 0 amide bonds. The number of pyridine rings is 1. The molecule has 2 N–H and O–H groups in total. The predicted molar refractivity (Wildman–Crippen MR) is 59.0 cm³/mol. The van der Waals surface area contributed by atoms with Crippen LogP contribution >= 0.6 is 11.6 Å². The van der Waals surface area contributed by atoms with Crippen LogP contribution in [0.4, 0.5) is 14.6 Å². The molecular formula is C11H7ClF2N2. The van der Waals surface area contributed by atoms with E-state index in [-0.39, 0.29) is 5.82 Å². The summed E-state index contributed by atoms with van der Waals surface area (Å²) >= 11 is 5.87. The van der Waals surface area contributed by atoms with Gasteiger partial charge in [0, 0.05) is 22.3 Å². The lowest BCUT2D eigenvalue weighted by Gasteiger charge is -2.05. The average Bonchev–Trinajstić information content (AvgIpc) is 2.26. The van der Waals surface area contributed by atoms with Crippen molar-refractivity contribution in [2.75, 3.05) is 5.73 Å². The number of benzene rings is 1. The average molecular weight is 241 g/mol. The number of nitrogens with two attached hydrogens (primary N) is 1. The van der Waals surface area contributed by atoms with Crippen LogP contribution in [0.2, 0.25) is 5.02 Å². The maximum atomic E-state index is 13.2. The van der Waals surface area contributed by atoms with Crippen molar-refractivity contribution >= 4 is 17.4 Å². The maximum Gasteiger partial charge on any atom is 0.165 e. The molecule has 1 aromatic carbocycles. The van der Waals surface area contributed by atoms with Crippen LogP contribution in [0.15, 0.2) is 30.5 Å². The Labute approximate surface area is 95.7 Å². The lowest BCUT2D eigenvalue weighted by atomic mass is 10.1. The fourth-order valence-electron chi connectivity index (χ4n) is 1.31. The van der Waals surface area contributed by atoms with Crippen LogP contribution in [0.3, 0.4) is 0 Å². The first-order valence-electron chi connectivity index (χ1n) is 4.44. The van der Waals surface area contributed by atoms with E-state index < -0.39 is 11.6 Å². The Kier molecular flexibility index (Phi) is 2.75. The van der Waals surface area contributed by atoms with Gasteiger partial charge < -0.3 is 5.73 Å². The number of nitrogen functional groups attached to an aromatic ring is 1. The summed E-state index contributed by atoms with van der Waals surface area (Å²) in [5.41, 5.74) is 6.01. The minimum absolute atomic E-state index is 0.198. The summed E-state index contributed by atoms with van der Waals surface area (Å²) < 4.78 is 26.2. The molecule has 0 spiro atoms. The number of hydrogen-bond donors (Lipinski definition) is 1. The first kappa shape index (κ1) is 10.8. The molecule has 0 bridgehead atoms. The zero-order valence-corrected chi connectivity index (χ0v) is 8.80. The van der Waals surface area contributed by atoms with Crippen molar-refractivity contribution in [1.82, 2.24) is 4.98 Å². The topological polar surface area (TPSA) is 38.9 Å². The van der Waals surface area contributed by atoms with Gasteiger partial charge >= 0.3 is 0 Å². The molecule has 0 unspecified atom stereocenters. The molecule has 0 atom stereocenters. The van der Waals surface area contributed by atoms with Crippen LogP contribution in [0.1, 0.15) is 0 Å². The van der Waals surface area contributed by atoms with Crippen LogP contribution in [0.25, 0.3) is 11.1 Å². The number of anilines is 1. The van der Waals surface area contributed by atoms with Gasteiger partial charge in [0.2, 0.25) is 0 Å². The molecule has 2 nitrogen and oxygen atoms in total. The lowest BCUT2D eigenvalue weighted by molar-refractivity contribution is 0.625. The Morgan fingerprint density at radius 3 is 2.62 bits per heavy atom. The summed E-state index contributed by atoms with van der Waals surface area (Å²) in [5.74, 6) is -1.30. The Morgan fingerprint density at radius 2 is 1.94 bits per heavy atom. The number of halogens is 3. The van der Waals surface area contributed by atoms with E-state index in [0.717, 1.165) is 0 Å². The van der Waals surface area contributed by atoms with Gasteiger partial charge in [-0.1, -0.05) is 11.6 Å². The van der Waals surface area contributed by atoms with Crippen LogP contribution in [0, 0.1) is 11.6 Å². The second kappa shape index (κ2) is 4.06. The van der Waals surface area contributed by atoms with Crippen molar-refractivity contribution in [2.45, 2.75) is 0 Å². The van der Waals surface area contributed by atoms with E-state index in [1.54, 1.807) is 0 Å². The van der Waals surface area contributed by atoms with Gasteiger partial charge in [-0.05, 0) is 24.3 Å². The van der Waals surface area contributed by atoms with Gasteiger partial charge in [0.1, 0.15) is 5.82 Å². The van der Waals surface area contributed by atoms with Gasteiger partial charge in [-0.25, -0.2) is 13.8 Å². The molecule has 0 radical (unpaired) electrons. The molecule has 0 aliphatic rings. The minimum Gasteiger partial charge on any atom is -0.381 e. The summed E-state index contributed by atoms with van der Waals surface area (Å²) in [6.45, 7) is 0. The molecule has 0 saturated carbocycles. The van der Waals surface area contributed by atoms with Crippen LogP contribution < -0.4 is 5.73 Å². The summed E-state index contributed by atoms with van der Waals surface area (Å²) in [5, 5.41) is 0.326. The number of hydrogen-bond acceptors (Lipinski definition) is 2. The quantitative estimate of drug-likeness (QED) is 0.831. The summed E-state index contributed by atoms with van der Waals surface area (Å²) in [4.78, 5) is 3.65. The van der Waals surface area contributed by atoms with Gasteiger partial charge in [-0.3, -0.25) is 0 Å². The van der Waals surface area contributed by atoms with Gasteiger partial charge in [-0.15, -0.1) is 0 Å². The smallest absolute Gasteiger partial charge is 0.165 e. The van der Waals surface area contributed by atoms with Crippen molar-refractivity contribution in [1.29, 1.82) is 0 Å². The largest absolute Gasteiger partial charge is 0.381 e. The maximum absolute atomic E-state index is 13.2. The van der Waals surface area contributed by atoms with E-state index in [1.807, 2.05) is 0 Å². The molecule has 16 heavy (non-hydrogen) atoms. The summed E-state index contributed by atoms with van der Waals surface area (Å²) in [7, 11) is 0. The highest BCUT2D eigenvalue weighted by Gasteiger charge is 2.08. The molecule has 5 heteroatoms. The van der Waals surface area contributed by atoms with E-state index in [2.05, 4.69) is 4.98 Å². The molecule has 0 aliphatic heterocycles. The molecular weight excluding hydrogens is 234 g/mol. The van der Waals surface area contributed by atoms with Gasteiger partial charge in [0.15, 0.2) is 11.6 Å². The molecule has 2 rings (SSSR count). The minimum atomic E-state index is -0.655. The van der Waals surface area contributed by atoms with Gasteiger partial charge in [0.05, 0.1) is 0 Å². The molecule has 2 aromatic rings. The van der Waals surface area contributed by atoms with Gasteiger partial charge in [0.25, 0.3) is 0 Å². The molecule has 82 valence electrons. The molecule has 0 saturated heterocycles.